The normalized spacial score (nSPS) is 10.9. The van der Waals surface area contributed by atoms with Crippen LogP contribution in [0.25, 0.3) is 10.9 Å². The Balaban J connectivity index is 1.89. The van der Waals surface area contributed by atoms with Crippen LogP contribution in [-0.2, 0) is 6.54 Å². The second-order valence-electron chi connectivity index (χ2n) is 4.74. The van der Waals surface area contributed by atoms with Crippen molar-refractivity contribution < 1.29 is 0 Å². The summed E-state index contributed by atoms with van der Waals surface area (Å²) >= 11 is 3.48. The van der Waals surface area contributed by atoms with Gasteiger partial charge in [-0.25, -0.2) is 0 Å². The molecule has 20 heavy (non-hydrogen) atoms. The number of nitrogens with one attached hydrogen (secondary N) is 3. The zero-order valence-corrected chi connectivity index (χ0v) is 12.8. The molecule has 1 aromatic heterocycles. The molecule has 0 aliphatic rings. The van der Waals surface area contributed by atoms with E-state index >= 15 is 0 Å². The largest absolute Gasteiger partial charge is 0.361 e. The van der Waals surface area contributed by atoms with E-state index in [1.165, 1.54) is 10.9 Å². The second-order valence-corrected chi connectivity index (χ2v) is 5.66. The van der Waals surface area contributed by atoms with Gasteiger partial charge in [0.15, 0.2) is 0 Å². The van der Waals surface area contributed by atoms with Crippen LogP contribution in [0, 0.1) is 0 Å². The van der Waals surface area contributed by atoms with E-state index in [0.29, 0.717) is 0 Å². The van der Waals surface area contributed by atoms with Crippen molar-refractivity contribution in [1.29, 1.82) is 0 Å². The van der Waals surface area contributed by atoms with Crippen LogP contribution in [0.5, 0.6) is 0 Å². The first-order valence-corrected chi connectivity index (χ1v) is 7.33. The second kappa shape index (κ2) is 5.69. The number of benzene rings is 2. The Morgan fingerprint density at radius 2 is 1.95 bits per heavy atom. The number of anilines is 2. The SMILES string of the molecule is CNCc1c[nH]c2cc(Nc3cccc(Br)c3)ccc12. The van der Waals surface area contributed by atoms with Crippen LogP contribution < -0.4 is 10.6 Å². The number of aromatic amines is 1. The van der Waals surface area contributed by atoms with E-state index in [2.05, 4.69) is 68.1 Å². The molecule has 0 bridgehead atoms. The lowest BCUT2D eigenvalue weighted by Crippen LogP contribution is -2.03. The minimum Gasteiger partial charge on any atom is -0.361 e. The molecule has 3 N–H and O–H groups in total. The van der Waals surface area contributed by atoms with Gasteiger partial charge in [-0.05, 0) is 42.9 Å². The number of H-pyrrole nitrogens is 1. The topological polar surface area (TPSA) is 39.9 Å². The minimum absolute atomic E-state index is 0.873. The summed E-state index contributed by atoms with van der Waals surface area (Å²) in [6, 6.07) is 14.5. The van der Waals surface area contributed by atoms with Crippen molar-refractivity contribution in [1.82, 2.24) is 10.3 Å². The molecule has 0 spiro atoms. The molecular formula is C16H16BrN3. The maximum atomic E-state index is 3.48. The summed E-state index contributed by atoms with van der Waals surface area (Å²) in [4.78, 5) is 3.32. The highest BCUT2D eigenvalue weighted by molar-refractivity contribution is 9.10. The van der Waals surface area contributed by atoms with Crippen molar-refractivity contribution in [2.75, 3.05) is 12.4 Å². The van der Waals surface area contributed by atoms with E-state index in [4.69, 9.17) is 0 Å². The highest BCUT2D eigenvalue weighted by Gasteiger charge is 2.04. The van der Waals surface area contributed by atoms with Crippen molar-refractivity contribution >= 4 is 38.2 Å². The first-order valence-electron chi connectivity index (χ1n) is 6.53. The number of hydrogen-bond acceptors (Lipinski definition) is 2. The predicted octanol–water partition coefficient (Wildman–Crippen LogP) is 4.39. The van der Waals surface area contributed by atoms with Gasteiger partial charge in [0.1, 0.15) is 0 Å². The first kappa shape index (κ1) is 13.2. The monoisotopic (exact) mass is 329 g/mol. The van der Waals surface area contributed by atoms with Crippen LogP contribution in [0.1, 0.15) is 5.56 Å². The fraction of sp³-hybridized carbons (Fsp3) is 0.125. The first-order chi connectivity index (χ1) is 9.76. The molecular weight excluding hydrogens is 314 g/mol. The van der Waals surface area contributed by atoms with Gasteiger partial charge in [-0.1, -0.05) is 28.1 Å². The molecule has 0 saturated heterocycles. The van der Waals surface area contributed by atoms with Gasteiger partial charge in [0.2, 0.25) is 0 Å². The van der Waals surface area contributed by atoms with Crippen LogP contribution in [0.2, 0.25) is 0 Å². The fourth-order valence-electron chi connectivity index (χ4n) is 2.33. The molecule has 3 nitrogen and oxygen atoms in total. The molecule has 0 aliphatic carbocycles. The van der Waals surface area contributed by atoms with Crippen LogP contribution in [0.15, 0.2) is 53.1 Å². The Morgan fingerprint density at radius 1 is 1.10 bits per heavy atom. The Labute approximate surface area is 126 Å². The van der Waals surface area contributed by atoms with Gasteiger partial charge in [-0.2, -0.15) is 0 Å². The van der Waals surface area contributed by atoms with E-state index in [0.717, 1.165) is 27.9 Å². The number of fused-ring (bicyclic) bond motifs is 1. The molecule has 0 saturated carbocycles. The minimum atomic E-state index is 0.873. The third-order valence-corrected chi connectivity index (χ3v) is 3.74. The number of halogens is 1. The average molecular weight is 330 g/mol. The van der Waals surface area contributed by atoms with Crippen molar-refractivity contribution in [3.63, 3.8) is 0 Å². The molecule has 102 valence electrons. The molecule has 3 aromatic rings. The number of rotatable bonds is 4. The maximum Gasteiger partial charge on any atom is 0.0478 e. The molecule has 2 aromatic carbocycles. The lowest BCUT2D eigenvalue weighted by atomic mass is 10.1. The molecule has 0 aliphatic heterocycles. The average Bonchev–Trinajstić information content (AvgIpc) is 2.82. The van der Waals surface area contributed by atoms with Crippen molar-refractivity contribution in [3.8, 4) is 0 Å². The molecule has 0 unspecified atom stereocenters. The Kier molecular flexibility index (Phi) is 3.76. The zero-order valence-electron chi connectivity index (χ0n) is 11.2. The lowest BCUT2D eigenvalue weighted by Gasteiger charge is -2.07. The summed E-state index contributed by atoms with van der Waals surface area (Å²) in [7, 11) is 1.96. The standard InChI is InChI=1S/C16H16BrN3/c1-18-9-11-10-19-16-8-14(5-6-15(11)16)20-13-4-2-3-12(17)7-13/h2-8,10,18-20H,9H2,1H3. The summed E-state index contributed by atoms with van der Waals surface area (Å²) in [6.45, 7) is 0.873. The van der Waals surface area contributed by atoms with Gasteiger partial charge in [0.25, 0.3) is 0 Å². The third-order valence-electron chi connectivity index (χ3n) is 3.25. The van der Waals surface area contributed by atoms with Crippen molar-refractivity contribution in [2.24, 2.45) is 0 Å². The van der Waals surface area contributed by atoms with Crippen LogP contribution >= 0.6 is 15.9 Å². The van der Waals surface area contributed by atoms with E-state index in [1.54, 1.807) is 0 Å². The molecule has 0 fully saturated rings. The molecule has 3 rings (SSSR count). The van der Waals surface area contributed by atoms with Crippen molar-refractivity contribution in [3.05, 3.63) is 58.7 Å². The van der Waals surface area contributed by atoms with E-state index < -0.39 is 0 Å². The molecule has 0 amide bonds. The lowest BCUT2D eigenvalue weighted by molar-refractivity contribution is 0.823. The number of aromatic nitrogens is 1. The van der Waals surface area contributed by atoms with Gasteiger partial charge in [-0.3, -0.25) is 0 Å². The summed E-state index contributed by atoms with van der Waals surface area (Å²) < 4.78 is 1.07. The van der Waals surface area contributed by atoms with Crippen molar-refractivity contribution in [2.45, 2.75) is 6.54 Å². The Bertz CT molecular complexity index is 733. The van der Waals surface area contributed by atoms with Gasteiger partial charge in [0, 0.05) is 39.5 Å². The molecule has 1 heterocycles. The molecule has 0 atom stereocenters. The molecule has 0 radical (unpaired) electrons. The van der Waals surface area contributed by atoms with E-state index in [-0.39, 0.29) is 0 Å². The van der Waals surface area contributed by atoms with E-state index in [9.17, 15) is 0 Å². The zero-order chi connectivity index (χ0) is 13.9. The van der Waals surface area contributed by atoms with Gasteiger partial charge in [-0.15, -0.1) is 0 Å². The van der Waals surface area contributed by atoms with Crippen LogP contribution in [0.4, 0.5) is 11.4 Å². The third kappa shape index (κ3) is 2.71. The highest BCUT2D eigenvalue weighted by atomic mass is 79.9. The quantitative estimate of drug-likeness (QED) is 0.664. The Morgan fingerprint density at radius 3 is 2.75 bits per heavy atom. The van der Waals surface area contributed by atoms with Crippen LogP contribution in [-0.4, -0.2) is 12.0 Å². The fourth-order valence-corrected chi connectivity index (χ4v) is 2.73. The maximum absolute atomic E-state index is 3.48. The van der Waals surface area contributed by atoms with Gasteiger partial charge >= 0.3 is 0 Å². The smallest absolute Gasteiger partial charge is 0.0478 e. The summed E-state index contributed by atoms with van der Waals surface area (Å²) in [5.41, 5.74) is 4.58. The highest BCUT2D eigenvalue weighted by Crippen LogP contribution is 2.25. The van der Waals surface area contributed by atoms with E-state index in [1.807, 2.05) is 19.2 Å². The summed E-state index contributed by atoms with van der Waals surface area (Å²) in [6.07, 6.45) is 2.06. The number of hydrogen-bond donors (Lipinski definition) is 3. The summed E-state index contributed by atoms with van der Waals surface area (Å²) in [5.74, 6) is 0. The van der Waals surface area contributed by atoms with Crippen LogP contribution in [0.3, 0.4) is 0 Å². The van der Waals surface area contributed by atoms with Gasteiger partial charge in [0.05, 0.1) is 0 Å². The summed E-state index contributed by atoms with van der Waals surface area (Å²) in [5, 5.41) is 7.86. The molecule has 4 heteroatoms. The predicted molar refractivity (Wildman–Crippen MR) is 88.5 cm³/mol. The Hall–Kier alpha value is -1.78. The van der Waals surface area contributed by atoms with Gasteiger partial charge < -0.3 is 15.6 Å².